The molecule has 0 fully saturated rings. The predicted octanol–water partition coefficient (Wildman–Crippen LogP) is 3.20. The van der Waals surface area contributed by atoms with Gasteiger partial charge in [-0.1, -0.05) is 18.3 Å². The van der Waals surface area contributed by atoms with Gasteiger partial charge in [0, 0.05) is 19.3 Å². The number of rotatable bonds is 4. The maximum absolute atomic E-state index is 12.8. The lowest BCUT2D eigenvalue weighted by molar-refractivity contribution is -0.152. The van der Waals surface area contributed by atoms with Crippen LogP contribution in [0.25, 0.3) is 0 Å². The van der Waals surface area contributed by atoms with Crippen LogP contribution in [-0.4, -0.2) is 24.8 Å². The second-order valence-electron chi connectivity index (χ2n) is 4.72. The lowest BCUT2D eigenvalue weighted by Crippen LogP contribution is -2.42. The summed E-state index contributed by atoms with van der Waals surface area (Å²) in [7, 11) is 1.60. The van der Waals surface area contributed by atoms with Crippen LogP contribution in [0, 0.1) is 19.8 Å². The molecule has 1 unspecified atom stereocenters. The Hall–Kier alpha value is -1.30. The molecular formula is C13H17F3N2S. The molecule has 0 aliphatic carbocycles. The lowest BCUT2D eigenvalue weighted by atomic mass is 10.1. The summed E-state index contributed by atoms with van der Waals surface area (Å²) in [6.07, 6.45) is -4.42. The van der Waals surface area contributed by atoms with Gasteiger partial charge in [-0.2, -0.15) is 13.2 Å². The third-order valence-corrected chi connectivity index (χ3v) is 3.13. The highest BCUT2D eigenvalue weighted by Gasteiger charge is 2.42. The molecule has 2 N–H and O–H groups in total. The van der Waals surface area contributed by atoms with E-state index >= 15 is 0 Å². The van der Waals surface area contributed by atoms with E-state index in [9.17, 15) is 13.2 Å². The fourth-order valence-electron chi connectivity index (χ4n) is 1.91. The van der Waals surface area contributed by atoms with Crippen molar-refractivity contribution in [2.45, 2.75) is 20.0 Å². The first-order valence-corrected chi connectivity index (χ1v) is 6.17. The molecule has 0 amide bonds. The van der Waals surface area contributed by atoms with E-state index in [0.717, 1.165) is 16.8 Å². The molecule has 6 heteroatoms. The highest BCUT2D eigenvalue weighted by Crippen LogP contribution is 2.29. The van der Waals surface area contributed by atoms with Crippen LogP contribution < -0.4 is 10.6 Å². The summed E-state index contributed by atoms with van der Waals surface area (Å²) in [4.78, 5) is 1.00. The third kappa shape index (κ3) is 4.38. The fourth-order valence-corrected chi connectivity index (χ4v) is 2.11. The van der Waals surface area contributed by atoms with Crippen LogP contribution in [0.2, 0.25) is 0 Å². The number of hydrogen-bond donors (Lipinski definition) is 1. The average molecular weight is 290 g/mol. The summed E-state index contributed by atoms with van der Waals surface area (Å²) in [5.41, 5.74) is 7.92. The fraction of sp³-hybridized carbons (Fsp3) is 0.462. The number of hydrogen-bond acceptors (Lipinski definition) is 2. The molecule has 2 nitrogen and oxygen atoms in total. The molecule has 1 rings (SSSR count). The zero-order chi connectivity index (χ0) is 14.8. The molecule has 0 saturated carbocycles. The molecule has 0 aliphatic heterocycles. The van der Waals surface area contributed by atoms with Gasteiger partial charge in [0.1, 0.15) is 5.92 Å². The highest BCUT2D eigenvalue weighted by atomic mass is 32.1. The largest absolute Gasteiger partial charge is 0.399 e. The van der Waals surface area contributed by atoms with Crippen molar-refractivity contribution in [2.75, 3.05) is 18.5 Å². The van der Waals surface area contributed by atoms with Gasteiger partial charge in [-0.15, -0.1) is 0 Å². The summed E-state index contributed by atoms with van der Waals surface area (Å²) in [6.45, 7) is 3.53. The molecule has 0 aromatic heterocycles. The van der Waals surface area contributed by atoms with Gasteiger partial charge in [0.25, 0.3) is 0 Å². The first kappa shape index (κ1) is 15.8. The Balaban J connectivity index is 2.94. The van der Waals surface area contributed by atoms with E-state index in [2.05, 4.69) is 12.2 Å². The Labute approximate surface area is 116 Å². The molecule has 106 valence electrons. The van der Waals surface area contributed by atoms with Crippen LogP contribution in [0.3, 0.4) is 0 Å². The third-order valence-electron chi connectivity index (χ3n) is 2.84. The Bertz CT molecular complexity index is 451. The van der Waals surface area contributed by atoms with Gasteiger partial charge in [0.15, 0.2) is 0 Å². The number of nitrogens with two attached hydrogens (primary N) is 1. The molecule has 0 heterocycles. The number of alkyl halides is 3. The number of anilines is 1. The van der Waals surface area contributed by atoms with Crippen molar-refractivity contribution in [3.8, 4) is 0 Å². The van der Waals surface area contributed by atoms with Gasteiger partial charge in [-0.05, 0) is 37.1 Å². The molecule has 19 heavy (non-hydrogen) atoms. The Morgan fingerprint density at radius 1 is 1.26 bits per heavy atom. The average Bonchev–Trinajstić information content (AvgIpc) is 2.21. The summed E-state index contributed by atoms with van der Waals surface area (Å²) in [5.74, 6) is -1.80. The Morgan fingerprint density at radius 2 is 1.74 bits per heavy atom. The Kier molecular flexibility index (Phi) is 4.79. The summed E-state index contributed by atoms with van der Waals surface area (Å²) < 4.78 is 38.4. The van der Waals surface area contributed by atoms with Crippen LogP contribution in [0.15, 0.2) is 18.2 Å². The molecular weight excluding hydrogens is 273 g/mol. The van der Waals surface area contributed by atoms with Crippen LogP contribution in [-0.2, 0) is 0 Å². The topological polar surface area (TPSA) is 29.3 Å². The number of halogens is 3. The minimum absolute atomic E-state index is 0.276. The monoisotopic (exact) mass is 290 g/mol. The molecule has 0 radical (unpaired) electrons. The molecule has 0 spiro atoms. The minimum Gasteiger partial charge on any atom is -0.393 e. The molecule has 1 aromatic rings. The van der Waals surface area contributed by atoms with Crippen LogP contribution in [0.5, 0.6) is 0 Å². The first-order chi connectivity index (χ1) is 8.61. The molecule has 0 bridgehead atoms. The zero-order valence-electron chi connectivity index (χ0n) is 11.1. The van der Waals surface area contributed by atoms with E-state index in [0.29, 0.717) is 0 Å². The van der Waals surface area contributed by atoms with Crippen molar-refractivity contribution in [3.05, 3.63) is 29.3 Å². The van der Waals surface area contributed by atoms with Crippen LogP contribution in [0.4, 0.5) is 18.9 Å². The normalized spacial score (nSPS) is 13.2. The number of thiocarbonyl (C=S) groups is 1. The summed E-state index contributed by atoms with van der Waals surface area (Å²) in [6, 6.07) is 5.63. The maximum Gasteiger partial charge on any atom is 0.399 e. The Morgan fingerprint density at radius 3 is 2.11 bits per heavy atom. The van der Waals surface area contributed by atoms with Crippen molar-refractivity contribution >= 4 is 22.9 Å². The molecule has 1 atom stereocenters. The minimum atomic E-state index is -4.42. The van der Waals surface area contributed by atoms with E-state index in [1.54, 1.807) is 7.05 Å². The van der Waals surface area contributed by atoms with E-state index in [4.69, 9.17) is 5.73 Å². The van der Waals surface area contributed by atoms with Gasteiger partial charge in [-0.3, -0.25) is 0 Å². The predicted molar refractivity (Wildman–Crippen MR) is 75.5 cm³/mol. The van der Waals surface area contributed by atoms with Crippen LogP contribution in [0.1, 0.15) is 11.1 Å². The van der Waals surface area contributed by atoms with Crippen molar-refractivity contribution in [1.82, 2.24) is 0 Å². The maximum atomic E-state index is 12.8. The second kappa shape index (κ2) is 5.77. The molecule has 0 saturated heterocycles. The second-order valence-corrected chi connectivity index (χ2v) is 5.19. The smallest absolute Gasteiger partial charge is 0.393 e. The first-order valence-electron chi connectivity index (χ1n) is 5.76. The number of aryl methyl sites for hydroxylation is 2. The zero-order valence-corrected chi connectivity index (χ0v) is 11.9. The standard InChI is InChI=1S/C13H17F3N2S/c1-8-4-9(2)6-10(5-8)18(3)7-11(12(17)19)13(14,15)16/h4-6,11H,7H2,1-3H3,(H2,17,19). The van der Waals surface area contributed by atoms with Crippen molar-refractivity contribution in [3.63, 3.8) is 0 Å². The number of benzene rings is 1. The highest BCUT2D eigenvalue weighted by molar-refractivity contribution is 7.80. The SMILES string of the molecule is Cc1cc(C)cc(N(C)CC(C(N)=S)C(F)(F)F)c1. The quantitative estimate of drug-likeness (QED) is 0.863. The van der Waals surface area contributed by atoms with Crippen molar-refractivity contribution in [1.29, 1.82) is 0 Å². The number of nitrogens with zero attached hydrogens (tertiary/aromatic N) is 1. The van der Waals surface area contributed by atoms with E-state index in [-0.39, 0.29) is 6.54 Å². The van der Waals surface area contributed by atoms with Crippen molar-refractivity contribution in [2.24, 2.45) is 11.7 Å². The van der Waals surface area contributed by atoms with Gasteiger partial charge in [-0.25, -0.2) is 0 Å². The van der Waals surface area contributed by atoms with E-state index < -0.39 is 17.1 Å². The van der Waals surface area contributed by atoms with E-state index in [1.165, 1.54) is 4.90 Å². The molecule has 1 aromatic carbocycles. The molecule has 0 aliphatic rings. The lowest BCUT2D eigenvalue weighted by Gasteiger charge is -2.27. The van der Waals surface area contributed by atoms with E-state index in [1.807, 2.05) is 32.0 Å². The summed E-state index contributed by atoms with van der Waals surface area (Å²) in [5, 5.41) is 0. The van der Waals surface area contributed by atoms with Gasteiger partial charge < -0.3 is 10.6 Å². The van der Waals surface area contributed by atoms with Crippen molar-refractivity contribution < 1.29 is 13.2 Å². The van der Waals surface area contributed by atoms with Gasteiger partial charge in [0.2, 0.25) is 0 Å². The van der Waals surface area contributed by atoms with Gasteiger partial charge in [0.05, 0.1) is 4.99 Å². The van der Waals surface area contributed by atoms with Gasteiger partial charge >= 0.3 is 6.18 Å². The van der Waals surface area contributed by atoms with Crippen LogP contribution >= 0.6 is 12.2 Å². The summed E-state index contributed by atoms with van der Waals surface area (Å²) >= 11 is 4.52.